The number of likely N-dealkylation sites (tertiary alicyclic amines) is 1. The van der Waals surface area contributed by atoms with Gasteiger partial charge in [0.25, 0.3) is 11.7 Å². The molecule has 39 heavy (non-hydrogen) atoms. The summed E-state index contributed by atoms with van der Waals surface area (Å²) < 4.78 is 11.3. The molecule has 1 atom stereocenters. The molecule has 1 N–H and O–H groups in total. The number of hydrogen-bond acceptors (Lipinski definition) is 5. The highest BCUT2D eigenvalue weighted by Gasteiger charge is 2.46. The Morgan fingerprint density at radius 2 is 1.69 bits per heavy atom. The largest absolute Gasteiger partial charge is 0.507 e. The molecule has 0 spiro atoms. The van der Waals surface area contributed by atoms with Crippen molar-refractivity contribution < 1.29 is 24.2 Å². The summed E-state index contributed by atoms with van der Waals surface area (Å²) in [5.41, 5.74) is 5.18. The van der Waals surface area contributed by atoms with Crippen LogP contribution in [0, 0.1) is 13.8 Å². The van der Waals surface area contributed by atoms with Crippen LogP contribution in [0.3, 0.4) is 0 Å². The molecule has 0 aliphatic carbocycles. The van der Waals surface area contributed by atoms with Crippen molar-refractivity contribution in [1.29, 1.82) is 0 Å². The van der Waals surface area contributed by atoms with E-state index in [-0.39, 0.29) is 29.9 Å². The molecule has 1 heterocycles. The lowest BCUT2D eigenvalue weighted by molar-refractivity contribution is -0.140. The zero-order chi connectivity index (χ0) is 28.3. The number of benzene rings is 3. The lowest BCUT2D eigenvalue weighted by Crippen LogP contribution is -2.32. The van der Waals surface area contributed by atoms with Crippen LogP contribution in [0.1, 0.15) is 60.2 Å². The Labute approximate surface area is 230 Å². The fourth-order valence-electron chi connectivity index (χ4n) is 4.76. The molecule has 0 radical (unpaired) electrons. The third-order valence-corrected chi connectivity index (χ3v) is 7.13. The SMILES string of the molecule is COCCN1C(=O)C(=O)/C(=C(/O)c2cc(C(C)(C)C)ccc2C)C1c1cccc(OCc2ccc(C)cc2)c1. The molecule has 6 nitrogen and oxygen atoms in total. The fraction of sp³-hybridized carbons (Fsp3) is 0.333. The number of aliphatic hydroxyl groups is 1. The lowest BCUT2D eigenvalue weighted by Gasteiger charge is -2.26. The van der Waals surface area contributed by atoms with Gasteiger partial charge in [-0.05, 0) is 59.7 Å². The van der Waals surface area contributed by atoms with Crippen molar-refractivity contribution >= 4 is 17.4 Å². The molecule has 3 aromatic carbocycles. The van der Waals surface area contributed by atoms with E-state index in [1.165, 1.54) is 10.5 Å². The van der Waals surface area contributed by atoms with Crippen molar-refractivity contribution in [2.24, 2.45) is 0 Å². The summed E-state index contributed by atoms with van der Waals surface area (Å²) in [6, 6.07) is 20.6. The highest BCUT2D eigenvalue weighted by molar-refractivity contribution is 6.46. The number of aryl methyl sites for hydroxylation is 2. The van der Waals surface area contributed by atoms with E-state index in [4.69, 9.17) is 9.47 Å². The fourth-order valence-corrected chi connectivity index (χ4v) is 4.76. The number of rotatable bonds is 8. The first-order chi connectivity index (χ1) is 18.5. The van der Waals surface area contributed by atoms with Gasteiger partial charge in [0.15, 0.2) is 0 Å². The van der Waals surface area contributed by atoms with Crippen LogP contribution in [-0.2, 0) is 26.3 Å². The molecule has 0 bridgehead atoms. The molecule has 1 aliphatic rings. The van der Waals surface area contributed by atoms with Crippen molar-refractivity contribution in [3.05, 3.63) is 106 Å². The summed E-state index contributed by atoms with van der Waals surface area (Å²) in [5.74, 6) is -0.932. The Balaban J connectivity index is 1.78. The molecule has 3 aromatic rings. The van der Waals surface area contributed by atoms with Crippen LogP contribution < -0.4 is 4.74 Å². The molecule has 6 heteroatoms. The van der Waals surface area contributed by atoms with Crippen molar-refractivity contribution in [1.82, 2.24) is 4.90 Å². The number of carbonyl (C=O) groups is 2. The zero-order valence-electron chi connectivity index (χ0n) is 23.6. The average Bonchev–Trinajstić information content (AvgIpc) is 3.16. The van der Waals surface area contributed by atoms with Crippen molar-refractivity contribution in [3.63, 3.8) is 0 Å². The first kappa shape index (κ1) is 28.1. The van der Waals surface area contributed by atoms with Crippen LogP contribution in [0.2, 0.25) is 0 Å². The van der Waals surface area contributed by atoms with E-state index in [2.05, 4.69) is 20.8 Å². The Hall–Kier alpha value is -3.90. The van der Waals surface area contributed by atoms with Crippen LogP contribution in [0.4, 0.5) is 0 Å². The van der Waals surface area contributed by atoms with Gasteiger partial charge in [-0.2, -0.15) is 0 Å². The summed E-state index contributed by atoms with van der Waals surface area (Å²) in [5, 5.41) is 11.6. The van der Waals surface area contributed by atoms with Crippen LogP contribution in [0.5, 0.6) is 5.75 Å². The second-order valence-corrected chi connectivity index (χ2v) is 11.1. The van der Waals surface area contributed by atoms with Gasteiger partial charge in [-0.3, -0.25) is 9.59 Å². The van der Waals surface area contributed by atoms with Crippen LogP contribution in [0.25, 0.3) is 5.76 Å². The topological polar surface area (TPSA) is 76.1 Å². The number of ketones is 1. The number of Topliss-reactive ketones (excluding diaryl/α,β-unsaturated/α-hetero) is 1. The smallest absolute Gasteiger partial charge is 0.295 e. The predicted octanol–water partition coefficient (Wildman–Crippen LogP) is 6.25. The summed E-state index contributed by atoms with van der Waals surface area (Å²) in [6.07, 6.45) is 0. The van der Waals surface area contributed by atoms with Gasteiger partial charge >= 0.3 is 0 Å². The number of amides is 1. The third-order valence-electron chi connectivity index (χ3n) is 7.13. The van der Waals surface area contributed by atoms with Crippen LogP contribution >= 0.6 is 0 Å². The number of methoxy groups -OCH3 is 1. The number of hydrogen-bond donors (Lipinski definition) is 1. The Kier molecular flexibility index (Phi) is 8.26. The van der Waals surface area contributed by atoms with E-state index >= 15 is 0 Å². The highest BCUT2D eigenvalue weighted by atomic mass is 16.5. The maximum Gasteiger partial charge on any atom is 0.295 e. The third kappa shape index (κ3) is 6.07. The van der Waals surface area contributed by atoms with E-state index in [1.807, 2.05) is 80.6 Å². The second-order valence-electron chi connectivity index (χ2n) is 11.1. The number of ether oxygens (including phenoxy) is 2. The molecule has 204 valence electrons. The minimum atomic E-state index is -0.777. The normalized spacial score (nSPS) is 17.1. The quantitative estimate of drug-likeness (QED) is 0.213. The zero-order valence-corrected chi connectivity index (χ0v) is 23.6. The average molecular weight is 528 g/mol. The van der Waals surface area contributed by atoms with Gasteiger partial charge in [0.1, 0.15) is 18.1 Å². The lowest BCUT2D eigenvalue weighted by atomic mass is 9.84. The molecular weight excluding hydrogens is 490 g/mol. The Morgan fingerprint density at radius 1 is 0.974 bits per heavy atom. The first-order valence-electron chi connectivity index (χ1n) is 13.2. The van der Waals surface area contributed by atoms with E-state index in [0.717, 1.165) is 16.7 Å². The van der Waals surface area contributed by atoms with Gasteiger partial charge in [-0.1, -0.05) is 74.9 Å². The van der Waals surface area contributed by atoms with Gasteiger partial charge in [0.2, 0.25) is 0 Å². The van der Waals surface area contributed by atoms with E-state index in [0.29, 0.717) is 23.5 Å². The van der Waals surface area contributed by atoms with Crippen LogP contribution in [-0.4, -0.2) is 42.0 Å². The first-order valence-corrected chi connectivity index (χ1v) is 13.2. The molecule has 1 amide bonds. The van der Waals surface area contributed by atoms with Gasteiger partial charge in [-0.25, -0.2) is 0 Å². The Morgan fingerprint density at radius 3 is 2.36 bits per heavy atom. The number of aliphatic hydroxyl groups excluding tert-OH is 1. The maximum absolute atomic E-state index is 13.4. The molecule has 1 unspecified atom stereocenters. The van der Waals surface area contributed by atoms with Gasteiger partial charge in [-0.15, -0.1) is 0 Å². The molecule has 4 rings (SSSR count). The summed E-state index contributed by atoms with van der Waals surface area (Å²) in [4.78, 5) is 28.1. The van der Waals surface area contributed by atoms with Crippen molar-refractivity contribution in [3.8, 4) is 5.75 Å². The molecule has 1 aliphatic heterocycles. The van der Waals surface area contributed by atoms with Gasteiger partial charge < -0.3 is 19.5 Å². The maximum atomic E-state index is 13.4. The Bertz CT molecular complexity index is 1400. The van der Waals surface area contributed by atoms with E-state index < -0.39 is 17.7 Å². The minimum absolute atomic E-state index is 0.0703. The standard InChI is InChI=1S/C33H37NO5/c1-21-10-13-23(14-11-21)20-39-26-9-7-8-24(18-26)29-28(31(36)32(37)34(29)16-17-38-6)30(35)27-19-25(33(3,4)5)15-12-22(27)2/h7-15,18-19,29,35H,16-17,20H2,1-6H3/b30-28+. The predicted molar refractivity (Wildman–Crippen MR) is 153 cm³/mol. The van der Waals surface area contributed by atoms with Crippen molar-refractivity contribution in [2.45, 2.75) is 52.7 Å². The van der Waals surface area contributed by atoms with Crippen molar-refractivity contribution in [2.75, 3.05) is 20.3 Å². The summed E-state index contributed by atoms with van der Waals surface area (Å²) in [7, 11) is 1.55. The second kappa shape index (κ2) is 11.5. The number of carbonyl (C=O) groups excluding carboxylic acids is 2. The number of nitrogens with zero attached hydrogens (tertiary/aromatic N) is 1. The highest BCUT2D eigenvalue weighted by Crippen LogP contribution is 2.41. The molecular formula is C33H37NO5. The summed E-state index contributed by atoms with van der Waals surface area (Å²) in [6.45, 7) is 11.0. The molecule has 0 aromatic heterocycles. The van der Waals surface area contributed by atoms with E-state index in [9.17, 15) is 14.7 Å². The molecule has 1 saturated heterocycles. The molecule has 0 saturated carbocycles. The molecule has 1 fully saturated rings. The van der Waals surface area contributed by atoms with Gasteiger partial charge in [0.05, 0.1) is 18.2 Å². The van der Waals surface area contributed by atoms with Crippen LogP contribution in [0.15, 0.2) is 72.3 Å². The van der Waals surface area contributed by atoms with E-state index in [1.54, 1.807) is 7.11 Å². The summed E-state index contributed by atoms with van der Waals surface area (Å²) >= 11 is 0. The minimum Gasteiger partial charge on any atom is -0.507 e. The monoisotopic (exact) mass is 527 g/mol. The van der Waals surface area contributed by atoms with Gasteiger partial charge in [0, 0.05) is 19.2 Å².